The molecule has 2 atom stereocenters. The Kier molecular flexibility index (Phi) is 2.96. The van der Waals surface area contributed by atoms with Crippen LogP contribution in [0, 0.1) is 0 Å². The summed E-state index contributed by atoms with van der Waals surface area (Å²) in [7, 11) is -3.09. The number of benzene rings is 2. The Morgan fingerprint density at radius 1 is 0.846 bits per heavy atom. The van der Waals surface area contributed by atoms with Gasteiger partial charge in [-0.05, 0) is 54.6 Å². The van der Waals surface area contributed by atoms with Gasteiger partial charge in [-0.25, -0.2) is 8.42 Å². The fourth-order valence-electron chi connectivity index (χ4n) is 6.42. The highest BCUT2D eigenvalue weighted by atomic mass is 32.2. The van der Waals surface area contributed by atoms with Crippen molar-refractivity contribution in [3.05, 3.63) is 70.8 Å². The normalized spacial score (nSPS) is 36.5. The lowest BCUT2D eigenvalue weighted by molar-refractivity contribution is 0.146. The van der Waals surface area contributed by atoms with Crippen LogP contribution < -0.4 is 0 Å². The molecule has 5 aliphatic rings. The van der Waals surface area contributed by atoms with Gasteiger partial charge in [-0.3, -0.25) is 4.90 Å². The highest BCUT2D eigenvalue weighted by molar-refractivity contribution is 7.94. The maximum absolute atomic E-state index is 13.3. The van der Waals surface area contributed by atoms with Crippen molar-refractivity contribution in [3.63, 3.8) is 0 Å². The van der Waals surface area contributed by atoms with Crippen molar-refractivity contribution in [2.45, 2.75) is 41.9 Å². The zero-order valence-electron chi connectivity index (χ0n) is 14.8. The first-order chi connectivity index (χ1) is 12.6. The van der Waals surface area contributed by atoms with E-state index in [4.69, 9.17) is 0 Å². The van der Waals surface area contributed by atoms with Crippen LogP contribution in [0.4, 0.5) is 0 Å². The van der Waals surface area contributed by atoms with Crippen LogP contribution in [0.1, 0.15) is 53.4 Å². The van der Waals surface area contributed by atoms with Gasteiger partial charge < -0.3 is 0 Å². The molecule has 0 N–H and O–H groups in total. The third-order valence-corrected chi connectivity index (χ3v) is 10.1. The van der Waals surface area contributed by atoms with Crippen molar-refractivity contribution in [1.82, 2.24) is 4.90 Å². The topological polar surface area (TPSA) is 37.4 Å². The first-order valence-corrected chi connectivity index (χ1v) is 11.4. The summed E-state index contributed by atoms with van der Waals surface area (Å²) in [5.74, 6) is 0.553. The molecule has 0 saturated carbocycles. The van der Waals surface area contributed by atoms with Crippen molar-refractivity contribution >= 4 is 9.84 Å². The number of sulfone groups is 1. The van der Waals surface area contributed by atoms with Gasteiger partial charge in [-0.2, -0.15) is 0 Å². The summed E-state index contributed by atoms with van der Waals surface area (Å²) in [6, 6.07) is 17.3. The Balaban J connectivity index is 1.61. The van der Waals surface area contributed by atoms with Gasteiger partial charge >= 0.3 is 0 Å². The van der Waals surface area contributed by atoms with Crippen molar-refractivity contribution in [1.29, 1.82) is 0 Å². The Labute approximate surface area is 154 Å². The monoisotopic (exact) mass is 365 g/mol. The number of likely N-dealkylation sites (tertiary alicyclic amines) is 1. The van der Waals surface area contributed by atoms with Crippen LogP contribution in [0.2, 0.25) is 0 Å². The molecule has 2 saturated heterocycles. The van der Waals surface area contributed by atoms with E-state index in [0.717, 1.165) is 19.5 Å². The van der Waals surface area contributed by atoms with Gasteiger partial charge in [-0.1, -0.05) is 48.5 Å². The molecular formula is C22H23NO2S. The van der Waals surface area contributed by atoms with Crippen LogP contribution in [0.3, 0.4) is 0 Å². The van der Waals surface area contributed by atoms with Gasteiger partial charge in [0, 0.05) is 17.9 Å². The third-order valence-electron chi connectivity index (χ3n) is 7.48. The maximum atomic E-state index is 13.3. The lowest BCUT2D eigenvalue weighted by atomic mass is 9.56. The predicted molar refractivity (Wildman–Crippen MR) is 102 cm³/mol. The van der Waals surface area contributed by atoms with E-state index in [9.17, 15) is 8.42 Å². The molecule has 2 bridgehead atoms. The van der Waals surface area contributed by atoms with Crippen LogP contribution in [0.5, 0.6) is 0 Å². The first kappa shape index (κ1) is 15.4. The van der Waals surface area contributed by atoms with Gasteiger partial charge in [0.1, 0.15) is 4.75 Å². The number of rotatable bonds is 1. The Bertz CT molecular complexity index is 961. The highest BCUT2D eigenvalue weighted by Crippen LogP contribution is 2.64. The Morgan fingerprint density at radius 3 is 1.92 bits per heavy atom. The zero-order chi connectivity index (χ0) is 17.5. The molecule has 3 nitrogen and oxygen atoms in total. The molecule has 0 aromatic heterocycles. The number of nitrogens with zero attached hydrogens (tertiary/aromatic N) is 1. The lowest BCUT2D eigenvalue weighted by Gasteiger charge is -2.62. The van der Waals surface area contributed by atoms with E-state index in [2.05, 4.69) is 53.4 Å². The van der Waals surface area contributed by atoms with Crippen LogP contribution in [0.15, 0.2) is 48.5 Å². The Morgan fingerprint density at radius 2 is 1.38 bits per heavy atom. The molecule has 0 radical (unpaired) electrons. The predicted octanol–water partition coefficient (Wildman–Crippen LogP) is 3.30. The molecular weight excluding hydrogens is 342 g/mol. The average Bonchev–Trinajstić information content (AvgIpc) is 3.20. The van der Waals surface area contributed by atoms with Crippen molar-refractivity contribution in [3.8, 4) is 0 Å². The van der Waals surface area contributed by atoms with Gasteiger partial charge in [-0.15, -0.1) is 0 Å². The summed E-state index contributed by atoms with van der Waals surface area (Å²) >= 11 is 0. The second-order valence-corrected chi connectivity index (χ2v) is 10.8. The van der Waals surface area contributed by atoms with E-state index >= 15 is 0 Å². The molecule has 2 aromatic carbocycles. The van der Waals surface area contributed by atoms with Crippen molar-refractivity contribution in [2.75, 3.05) is 18.8 Å². The molecule has 4 heteroatoms. The van der Waals surface area contributed by atoms with Crippen LogP contribution in [0.25, 0.3) is 0 Å². The number of hydrogen-bond donors (Lipinski definition) is 0. The first-order valence-electron chi connectivity index (χ1n) is 9.77. The van der Waals surface area contributed by atoms with Crippen LogP contribution in [-0.2, 0) is 9.84 Å². The molecule has 1 spiro atoms. The summed E-state index contributed by atoms with van der Waals surface area (Å²) in [4.78, 5) is 2.48. The number of hydrogen-bond acceptors (Lipinski definition) is 3. The maximum Gasteiger partial charge on any atom is 0.160 e. The smallest absolute Gasteiger partial charge is 0.160 e. The Hall–Kier alpha value is -1.65. The van der Waals surface area contributed by atoms with E-state index in [1.165, 1.54) is 35.1 Å². The molecule has 0 amide bonds. The second kappa shape index (κ2) is 4.99. The minimum Gasteiger partial charge on any atom is -0.298 e. The molecule has 2 aliphatic heterocycles. The molecule has 2 aromatic rings. The molecule has 7 rings (SSSR count). The minimum absolute atomic E-state index is 0.00995. The summed E-state index contributed by atoms with van der Waals surface area (Å²) in [6.07, 6.45) is 3.16. The van der Waals surface area contributed by atoms with Crippen LogP contribution in [-0.4, -0.2) is 42.9 Å². The van der Waals surface area contributed by atoms with Crippen molar-refractivity contribution < 1.29 is 8.42 Å². The van der Waals surface area contributed by atoms with Crippen LogP contribution >= 0.6 is 0 Å². The SMILES string of the molecule is O=S1(=O)CC(N2CCCC2)C12CC1c3ccccc3C2c2ccccc21. The quantitative estimate of drug-likeness (QED) is 0.778. The fraction of sp³-hybridized carbons (Fsp3) is 0.455. The van der Waals surface area contributed by atoms with Crippen molar-refractivity contribution in [2.24, 2.45) is 0 Å². The molecule has 134 valence electrons. The van der Waals surface area contributed by atoms with Gasteiger partial charge in [0.05, 0.1) is 5.75 Å². The summed E-state index contributed by atoms with van der Waals surface area (Å²) < 4.78 is 26.1. The molecule has 3 aliphatic carbocycles. The zero-order valence-corrected chi connectivity index (χ0v) is 15.6. The standard InChI is InChI=1S/C22H23NO2S/c24-26(25)14-20(23-11-5-6-12-23)22(26)13-19-15-7-1-3-9-17(15)21(22)18-10-4-2-8-16(18)19/h1-4,7-10,19-21H,5-6,11-14H2. The van der Waals surface area contributed by atoms with E-state index in [1.807, 2.05) is 0 Å². The van der Waals surface area contributed by atoms with Gasteiger partial charge in [0.25, 0.3) is 0 Å². The molecule has 26 heavy (non-hydrogen) atoms. The van der Waals surface area contributed by atoms with E-state index in [-0.39, 0.29) is 17.9 Å². The van der Waals surface area contributed by atoms with E-state index in [0.29, 0.717) is 5.75 Å². The third kappa shape index (κ3) is 1.66. The largest absolute Gasteiger partial charge is 0.298 e. The highest BCUT2D eigenvalue weighted by Gasteiger charge is 2.70. The van der Waals surface area contributed by atoms with Gasteiger partial charge in [0.2, 0.25) is 0 Å². The van der Waals surface area contributed by atoms with Gasteiger partial charge in [0.15, 0.2) is 9.84 Å². The average molecular weight is 365 g/mol. The molecule has 2 unspecified atom stereocenters. The summed E-state index contributed by atoms with van der Waals surface area (Å²) in [6.45, 7) is 2.12. The lowest BCUT2D eigenvalue weighted by Crippen LogP contribution is -2.74. The second-order valence-electron chi connectivity index (χ2n) is 8.44. The summed E-state index contributed by atoms with van der Waals surface area (Å²) in [5.41, 5.74) is 5.22. The van der Waals surface area contributed by atoms with E-state index < -0.39 is 14.6 Å². The molecule has 2 fully saturated rings. The summed E-state index contributed by atoms with van der Waals surface area (Å²) in [5, 5.41) is 0. The fourth-order valence-corrected chi connectivity index (χ4v) is 9.03. The molecule has 2 heterocycles. The van der Waals surface area contributed by atoms with E-state index in [1.54, 1.807) is 0 Å². The minimum atomic E-state index is -3.09.